The third kappa shape index (κ3) is 4.72. The molecule has 18 heavy (non-hydrogen) atoms. The van der Waals surface area contributed by atoms with Crippen LogP contribution in [0.15, 0.2) is 29.2 Å². The number of hydrogen-bond donors (Lipinski definition) is 1. The molecule has 0 fully saturated rings. The minimum Gasteiger partial charge on any atom is -0.300 e. The van der Waals surface area contributed by atoms with Gasteiger partial charge in [-0.15, -0.1) is 11.8 Å². The minimum absolute atomic E-state index is 0.413. The zero-order chi connectivity index (χ0) is 13.6. The molecule has 0 amide bonds. The maximum absolute atomic E-state index is 9.25. The third-order valence-corrected chi connectivity index (χ3v) is 3.98. The van der Waals surface area contributed by atoms with Crippen molar-refractivity contribution >= 4 is 11.8 Å². The maximum Gasteiger partial charge on any atom is 0.104 e. The zero-order valence-electron chi connectivity index (χ0n) is 11.7. The lowest BCUT2D eigenvalue weighted by Crippen LogP contribution is -2.42. The lowest BCUT2D eigenvalue weighted by atomic mass is 9.98. The Labute approximate surface area is 115 Å². The first kappa shape index (κ1) is 15.1. The van der Waals surface area contributed by atoms with E-state index in [2.05, 4.69) is 49.5 Å². The van der Waals surface area contributed by atoms with Crippen LogP contribution in [0.4, 0.5) is 0 Å². The first-order chi connectivity index (χ1) is 8.49. The Morgan fingerprint density at radius 1 is 1.39 bits per heavy atom. The van der Waals surface area contributed by atoms with Crippen molar-refractivity contribution in [2.24, 2.45) is 0 Å². The van der Waals surface area contributed by atoms with Gasteiger partial charge < -0.3 is 0 Å². The summed E-state index contributed by atoms with van der Waals surface area (Å²) in [5.41, 5.74) is 0.854. The van der Waals surface area contributed by atoms with Gasteiger partial charge in [-0.05, 0) is 38.9 Å². The summed E-state index contributed by atoms with van der Waals surface area (Å²) in [5.74, 6) is 0. The number of thioether (sulfide) groups is 1. The summed E-state index contributed by atoms with van der Waals surface area (Å²) in [6.07, 6.45) is 0.843. The van der Waals surface area contributed by atoms with Gasteiger partial charge in [-0.1, -0.05) is 31.5 Å². The molecule has 1 aromatic rings. The number of aryl methyl sites for hydroxylation is 1. The van der Waals surface area contributed by atoms with E-state index in [4.69, 9.17) is 0 Å². The predicted octanol–water partition coefficient (Wildman–Crippen LogP) is 3.76. The van der Waals surface area contributed by atoms with Gasteiger partial charge in [-0.3, -0.25) is 5.32 Å². The SMILES string of the molecule is CCNC(C)(C#N)CC(C)Sc1ccc(C)cc1. The average Bonchev–Trinajstić information content (AvgIpc) is 2.32. The number of hydrogen-bond acceptors (Lipinski definition) is 3. The van der Waals surface area contributed by atoms with Crippen LogP contribution in [0.1, 0.15) is 32.8 Å². The molecule has 0 heterocycles. The van der Waals surface area contributed by atoms with Crippen molar-refractivity contribution in [3.8, 4) is 6.07 Å². The first-order valence-corrected chi connectivity index (χ1v) is 7.26. The molecule has 2 atom stereocenters. The van der Waals surface area contributed by atoms with Crippen LogP contribution < -0.4 is 5.32 Å². The van der Waals surface area contributed by atoms with E-state index in [1.54, 1.807) is 0 Å². The van der Waals surface area contributed by atoms with Crippen molar-refractivity contribution in [2.75, 3.05) is 6.54 Å². The Hall–Kier alpha value is -0.980. The molecular weight excluding hydrogens is 240 g/mol. The molecule has 98 valence electrons. The molecule has 0 aromatic heterocycles. The molecule has 0 radical (unpaired) electrons. The molecule has 0 saturated heterocycles. The number of nitrogens with zero attached hydrogens (tertiary/aromatic N) is 1. The molecule has 0 aliphatic rings. The summed E-state index contributed by atoms with van der Waals surface area (Å²) in [6.45, 7) is 9.11. The Morgan fingerprint density at radius 3 is 2.50 bits per heavy atom. The van der Waals surface area contributed by atoms with E-state index in [-0.39, 0.29) is 0 Å². The molecule has 1 N–H and O–H groups in total. The summed E-state index contributed by atoms with van der Waals surface area (Å²) in [4.78, 5) is 1.27. The van der Waals surface area contributed by atoms with Gasteiger partial charge in [-0.2, -0.15) is 5.26 Å². The fraction of sp³-hybridized carbons (Fsp3) is 0.533. The summed E-state index contributed by atoms with van der Waals surface area (Å²) in [5, 5.41) is 12.9. The van der Waals surface area contributed by atoms with Gasteiger partial charge >= 0.3 is 0 Å². The molecule has 0 saturated carbocycles. The summed E-state index contributed by atoms with van der Waals surface area (Å²) in [6, 6.07) is 10.9. The second-order valence-corrected chi connectivity index (χ2v) is 6.43. The lowest BCUT2D eigenvalue weighted by Gasteiger charge is -2.25. The molecule has 1 rings (SSSR count). The molecule has 0 aliphatic heterocycles. The standard InChI is InChI=1S/C15H22N2S/c1-5-17-15(4,11-16)10-13(3)18-14-8-6-12(2)7-9-14/h6-9,13,17H,5,10H2,1-4H3. The normalized spacial score (nSPS) is 15.7. The summed E-state index contributed by atoms with van der Waals surface area (Å²) in [7, 11) is 0. The van der Waals surface area contributed by atoms with Crippen LogP contribution >= 0.6 is 11.8 Å². The van der Waals surface area contributed by atoms with Gasteiger partial charge in [0.25, 0.3) is 0 Å². The second kappa shape index (κ2) is 6.82. The molecule has 1 aromatic carbocycles. The van der Waals surface area contributed by atoms with Crippen LogP contribution in [-0.4, -0.2) is 17.3 Å². The van der Waals surface area contributed by atoms with E-state index in [1.165, 1.54) is 10.5 Å². The van der Waals surface area contributed by atoms with E-state index >= 15 is 0 Å². The van der Waals surface area contributed by atoms with Crippen LogP contribution in [-0.2, 0) is 0 Å². The minimum atomic E-state index is -0.425. The van der Waals surface area contributed by atoms with Gasteiger partial charge in [0.1, 0.15) is 5.54 Å². The number of nitriles is 1. The molecule has 0 spiro atoms. The van der Waals surface area contributed by atoms with E-state index in [9.17, 15) is 5.26 Å². The average molecular weight is 262 g/mol. The Morgan fingerprint density at radius 2 is 2.00 bits per heavy atom. The van der Waals surface area contributed by atoms with E-state index in [0.29, 0.717) is 5.25 Å². The van der Waals surface area contributed by atoms with Gasteiger partial charge in [0, 0.05) is 10.1 Å². The van der Waals surface area contributed by atoms with Crippen LogP contribution in [0.3, 0.4) is 0 Å². The molecule has 2 unspecified atom stereocenters. The highest BCUT2D eigenvalue weighted by Gasteiger charge is 2.25. The van der Waals surface area contributed by atoms with Gasteiger partial charge in [0.15, 0.2) is 0 Å². The zero-order valence-corrected chi connectivity index (χ0v) is 12.5. The van der Waals surface area contributed by atoms with Crippen molar-refractivity contribution in [1.82, 2.24) is 5.32 Å². The largest absolute Gasteiger partial charge is 0.300 e. The topological polar surface area (TPSA) is 35.8 Å². The highest BCUT2D eigenvalue weighted by Crippen LogP contribution is 2.28. The van der Waals surface area contributed by atoms with E-state index < -0.39 is 5.54 Å². The van der Waals surface area contributed by atoms with Crippen LogP contribution in [0.25, 0.3) is 0 Å². The van der Waals surface area contributed by atoms with Crippen molar-refractivity contribution in [3.63, 3.8) is 0 Å². The molecular formula is C15H22N2S. The number of nitrogens with one attached hydrogen (secondary N) is 1. The van der Waals surface area contributed by atoms with Crippen molar-refractivity contribution in [2.45, 2.75) is 49.8 Å². The summed E-state index contributed by atoms with van der Waals surface area (Å²) < 4.78 is 0. The smallest absolute Gasteiger partial charge is 0.104 e. The lowest BCUT2D eigenvalue weighted by molar-refractivity contribution is 0.429. The fourth-order valence-corrected chi connectivity index (χ4v) is 3.19. The fourth-order valence-electron chi connectivity index (χ4n) is 2.01. The highest BCUT2D eigenvalue weighted by atomic mass is 32.2. The second-order valence-electron chi connectivity index (χ2n) is 4.92. The van der Waals surface area contributed by atoms with E-state index in [0.717, 1.165) is 13.0 Å². The van der Waals surface area contributed by atoms with Crippen molar-refractivity contribution in [1.29, 1.82) is 5.26 Å². The predicted molar refractivity (Wildman–Crippen MR) is 78.8 cm³/mol. The Kier molecular flexibility index (Phi) is 5.71. The molecule has 0 aliphatic carbocycles. The van der Waals surface area contributed by atoms with Crippen LogP contribution in [0.5, 0.6) is 0 Å². The van der Waals surface area contributed by atoms with E-state index in [1.807, 2.05) is 25.6 Å². The maximum atomic E-state index is 9.25. The monoisotopic (exact) mass is 262 g/mol. The van der Waals surface area contributed by atoms with Crippen molar-refractivity contribution < 1.29 is 0 Å². The Bertz CT molecular complexity index is 407. The van der Waals surface area contributed by atoms with Crippen LogP contribution in [0, 0.1) is 18.3 Å². The molecule has 0 bridgehead atoms. The number of rotatable bonds is 6. The third-order valence-electron chi connectivity index (χ3n) is 2.87. The molecule has 2 nitrogen and oxygen atoms in total. The first-order valence-electron chi connectivity index (χ1n) is 6.38. The highest BCUT2D eigenvalue weighted by molar-refractivity contribution is 7.99. The van der Waals surface area contributed by atoms with Gasteiger partial charge in [-0.25, -0.2) is 0 Å². The molecule has 3 heteroatoms. The van der Waals surface area contributed by atoms with Gasteiger partial charge in [0.2, 0.25) is 0 Å². The van der Waals surface area contributed by atoms with Crippen LogP contribution in [0.2, 0.25) is 0 Å². The number of benzene rings is 1. The van der Waals surface area contributed by atoms with Gasteiger partial charge in [0.05, 0.1) is 6.07 Å². The Balaban J connectivity index is 2.58. The quantitative estimate of drug-likeness (QED) is 0.793. The summed E-state index contributed by atoms with van der Waals surface area (Å²) >= 11 is 1.83. The van der Waals surface area contributed by atoms with Crippen molar-refractivity contribution in [3.05, 3.63) is 29.8 Å².